The molecule has 0 unspecified atom stereocenters. The third-order valence-corrected chi connectivity index (χ3v) is 1.36. The lowest BCUT2D eigenvalue weighted by molar-refractivity contribution is -1.06. The van der Waals surface area contributed by atoms with E-state index in [-0.39, 0.29) is 10.7 Å². The molecule has 0 aromatic rings. The van der Waals surface area contributed by atoms with Crippen molar-refractivity contribution in [3.8, 4) is 0 Å². The van der Waals surface area contributed by atoms with Gasteiger partial charge in [0.1, 0.15) is 20.6 Å². The highest BCUT2D eigenvalue weighted by Crippen LogP contribution is 2.00. The molecule has 0 spiro atoms. The van der Waals surface area contributed by atoms with E-state index < -0.39 is 6.16 Å². The maximum atomic E-state index is 10.7. The molecule has 5 heteroatoms. The molecule has 0 heterocycles. The summed E-state index contributed by atoms with van der Waals surface area (Å²) in [4.78, 5) is 15.5. The second-order valence-corrected chi connectivity index (χ2v) is 2.70. The Morgan fingerprint density at radius 2 is 2.09 bits per heavy atom. The molecular weight excluding hydrogens is 170 g/mol. The first kappa shape index (κ1) is 10.5. The van der Waals surface area contributed by atoms with Gasteiger partial charge in [0, 0.05) is 0 Å². The van der Waals surface area contributed by atoms with Crippen LogP contribution >= 0.6 is 11.6 Å². The smallest absolute Gasteiger partial charge is 0.414 e. The standard InChI is InChI=1S/C6H13ClNO3/c1-4-8(2,3)11-6(9)10-5-7/h4-5H2,1-3H3/q+1. The Kier molecular flexibility index (Phi) is 4.22. The first-order chi connectivity index (χ1) is 5.02. The number of nitrogens with zero attached hydrogens (tertiary/aromatic N) is 1. The van der Waals surface area contributed by atoms with E-state index in [1.54, 1.807) is 14.1 Å². The van der Waals surface area contributed by atoms with Crippen LogP contribution in [0.15, 0.2) is 0 Å². The van der Waals surface area contributed by atoms with Crippen LogP contribution in [0, 0.1) is 0 Å². The van der Waals surface area contributed by atoms with E-state index in [1.165, 1.54) is 0 Å². The first-order valence-corrected chi connectivity index (χ1v) is 3.80. The molecule has 66 valence electrons. The normalized spacial score (nSPS) is 10.9. The fraction of sp³-hybridized carbons (Fsp3) is 0.833. The van der Waals surface area contributed by atoms with Crippen LogP contribution in [0.3, 0.4) is 0 Å². The zero-order valence-corrected chi connectivity index (χ0v) is 7.72. The predicted octanol–water partition coefficient (Wildman–Crippen LogP) is 1.35. The molecular formula is C6H13ClNO3+. The minimum absolute atomic E-state index is 0.135. The van der Waals surface area contributed by atoms with Crippen molar-refractivity contribution in [1.82, 2.24) is 0 Å². The van der Waals surface area contributed by atoms with Gasteiger partial charge < -0.3 is 4.74 Å². The number of hydroxylamine groups is 3. The molecule has 0 saturated carbocycles. The highest BCUT2D eigenvalue weighted by Gasteiger charge is 2.20. The fourth-order valence-electron chi connectivity index (χ4n) is 0.337. The molecule has 0 saturated heterocycles. The molecule has 0 bridgehead atoms. The van der Waals surface area contributed by atoms with E-state index in [4.69, 9.17) is 16.4 Å². The van der Waals surface area contributed by atoms with E-state index >= 15 is 0 Å². The summed E-state index contributed by atoms with van der Waals surface area (Å²) < 4.78 is 4.50. The van der Waals surface area contributed by atoms with Crippen LogP contribution in [-0.2, 0) is 9.57 Å². The van der Waals surface area contributed by atoms with Gasteiger partial charge in [-0.3, -0.25) is 0 Å². The van der Waals surface area contributed by atoms with Crippen molar-refractivity contribution in [1.29, 1.82) is 0 Å². The van der Waals surface area contributed by atoms with Crippen molar-refractivity contribution < 1.29 is 19.0 Å². The molecule has 0 N–H and O–H groups in total. The quantitative estimate of drug-likeness (QED) is 0.286. The fourth-order valence-corrected chi connectivity index (χ4v) is 0.426. The number of ether oxygens (including phenoxy) is 1. The third kappa shape index (κ3) is 4.86. The number of rotatable bonds is 3. The summed E-state index contributed by atoms with van der Waals surface area (Å²) in [6, 6.07) is -0.178. The molecule has 0 aliphatic carbocycles. The SMILES string of the molecule is CC[N+](C)(C)OC(=O)OCCl. The Balaban J connectivity index is 3.74. The number of hydrogen-bond donors (Lipinski definition) is 0. The molecule has 11 heavy (non-hydrogen) atoms. The summed E-state index contributed by atoms with van der Waals surface area (Å²) in [6.45, 7) is 2.57. The van der Waals surface area contributed by atoms with Crippen LogP contribution in [0.5, 0.6) is 0 Å². The molecule has 0 aliphatic heterocycles. The molecule has 0 rings (SSSR count). The van der Waals surface area contributed by atoms with Crippen LogP contribution in [-0.4, -0.2) is 37.5 Å². The van der Waals surface area contributed by atoms with Crippen LogP contribution in [0.1, 0.15) is 6.92 Å². The molecule has 0 aromatic carbocycles. The van der Waals surface area contributed by atoms with Crippen LogP contribution in [0.2, 0.25) is 0 Å². The number of hydrogen-bond acceptors (Lipinski definition) is 3. The maximum absolute atomic E-state index is 10.7. The molecule has 4 nitrogen and oxygen atoms in total. The van der Waals surface area contributed by atoms with Crippen molar-refractivity contribution in [3.63, 3.8) is 0 Å². The molecule has 0 amide bonds. The zero-order valence-electron chi connectivity index (χ0n) is 6.96. The molecule has 0 fully saturated rings. The van der Waals surface area contributed by atoms with Gasteiger partial charge in [-0.2, -0.15) is 4.79 Å². The number of halogens is 1. The van der Waals surface area contributed by atoms with Crippen molar-refractivity contribution in [3.05, 3.63) is 0 Å². The second kappa shape index (κ2) is 4.41. The highest BCUT2D eigenvalue weighted by molar-refractivity contribution is 6.17. The summed E-state index contributed by atoms with van der Waals surface area (Å²) in [6.07, 6.45) is -0.744. The number of carbonyl (C=O) groups excluding carboxylic acids is 1. The Bertz CT molecular complexity index is 138. The van der Waals surface area contributed by atoms with Gasteiger partial charge in [0.25, 0.3) is 0 Å². The van der Waals surface area contributed by atoms with E-state index in [1.807, 2.05) is 6.92 Å². The Morgan fingerprint density at radius 3 is 2.45 bits per heavy atom. The summed E-state index contributed by atoms with van der Waals surface area (Å²) in [5, 5.41) is 0. The molecule has 0 aromatic heterocycles. The van der Waals surface area contributed by atoms with E-state index in [9.17, 15) is 4.79 Å². The molecule has 0 radical (unpaired) electrons. The van der Waals surface area contributed by atoms with Gasteiger partial charge >= 0.3 is 6.16 Å². The first-order valence-electron chi connectivity index (χ1n) is 3.27. The molecule has 0 aliphatic rings. The largest absolute Gasteiger partial charge is 0.560 e. The Hall–Kier alpha value is -0.480. The minimum Gasteiger partial charge on any atom is -0.414 e. The Morgan fingerprint density at radius 1 is 1.55 bits per heavy atom. The van der Waals surface area contributed by atoms with Crippen LogP contribution < -0.4 is 0 Å². The highest BCUT2D eigenvalue weighted by atomic mass is 35.5. The lowest BCUT2D eigenvalue weighted by Crippen LogP contribution is -2.41. The van der Waals surface area contributed by atoms with Gasteiger partial charge in [0.2, 0.25) is 0 Å². The van der Waals surface area contributed by atoms with Crippen LogP contribution in [0.25, 0.3) is 0 Å². The third-order valence-electron chi connectivity index (χ3n) is 1.26. The summed E-state index contributed by atoms with van der Waals surface area (Å²) in [5.74, 6) is 0. The van der Waals surface area contributed by atoms with E-state index in [2.05, 4.69) is 4.74 Å². The van der Waals surface area contributed by atoms with Crippen LogP contribution in [0.4, 0.5) is 4.79 Å². The van der Waals surface area contributed by atoms with Gasteiger partial charge in [-0.1, -0.05) is 11.6 Å². The van der Waals surface area contributed by atoms with Crippen molar-refractivity contribution in [2.24, 2.45) is 0 Å². The van der Waals surface area contributed by atoms with Gasteiger partial charge in [0.05, 0.1) is 0 Å². The molecule has 0 atom stereocenters. The zero-order chi connectivity index (χ0) is 8.91. The average molecular weight is 183 g/mol. The van der Waals surface area contributed by atoms with Gasteiger partial charge in [-0.25, -0.2) is 4.84 Å². The summed E-state index contributed by atoms with van der Waals surface area (Å²) in [7, 11) is 3.49. The van der Waals surface area contributed by atoms with Gasteiger partial charge in [-0.05, 0) is 6.92 Å². The van der Waals surface area contributed by atoms with Crippen molar-refractivity contribution in [2.75, 3.05) is 26.7 Å². The second-order valence-electron chi connectivity index (χ2n) is 2.48. The van der Waals surface area contributed by atoms with E-state index in [0.717, 1.165) is 0 Å². The monoisotopic (exact) mass is 182 g/mol. The van der Waals surface area contributed by atoms with E-state index in [0.29, 0.717) is 6.54 Å². The topological polar surface area (TPSA) is 35.5 Å². The number of quaternary nitrogens is 1. The number of alkyl halides is 1. The minimum atomic E-state index is -0.744. The lowest BCUT2D eigenvalue weighted by atomic mass is 10.7. The number of carbonyl (C=O) groups is 1. The van der Waals surface area contributed by atoms with Gasteiger partial charge in [-0.15, -0.1) is 4.65 Å². The average Bonchev–Trinajstić information content (AvgIpc) is 1.87. The summed E-state index contributed by atoms with van der Waals surface area (Å²) in [5.41, 5.74) is 0. The summed E-state index contributed by atoms with van der Waals surface area (Å²) >= 11 is 5.14. The van der Waals surface area contributed by atoms with Crippen molar-refractivity contribution in [2.45, 2.75) is 6.92 Å². The lowest BCUT2D eigenvalue weighted by Gasteiger charge is -2.22. The predicted molar refractivity (Wildman–Crippen MR) is 40.9 cm³/mol. The Labute approximate surface area is 71.2 Å². The van der Waals surface area contributed by atoms with Crippen molar-refractivity contribution >= 4 is 17.8 Å². The maximum Gasteiger partial charge on any atom is 0.560 e. The van der Waals surface area contributed by atoms with Gasteiger partial charge in [0.15, 0.2) is 6.07 Å².